The van der Waals surface area contributed by atoms with E-state index in [1.54, 1.807) is 30.3 Å². The summed E-state index contributed by atoms with van der Waals surface area (Å²) in [5.74, 6) is -0.748. The maximum Gasteiger partial charge on any atom is 0.146 e. The molecule has 0 aliphatic heterocycles. The van der Waals surface area contributed by atoms with Gasteiger partial charge in [0.2, 0.25) is 0 Å². The molecule has 0 spiro atoms. The molecule has 2 aromatic rings. The van der Waals surface area contributed by atoms with Gasteiger partial charge in [-0.25, -0.2) is 8.78 Å². The molecule has 4 heteroatoms. The molecule has 94 valence electrons. The van der Waals surface area contributed by atoms with Crippen LogP contribution in [0.5, 0.6) is 0 Å². The Morgan fingerprint density at radius 1 is 1.06 bits per heavy atom. The van der Waals surface area contributed by atoms with E-state index in [1.807, 2.05) is 0 Å². The van der Waals surface area contributed by atoms with E-state index in [9.17, 15) is 8.78 Å². The molecule has 0 aromatic heterocycles. The standard InChI is InChI=1S/C14H10BrClF2/c15-11(8-9-4-1-2-7-13(9)17)10-5-3-6-12(16)14(10)18/h1-7,11H,8H2. The largest absolute Gasteiger partial charge is 0.207 e. The monoisotopic (exact) mass is 330 g/mol. The Hall–Kier alpha value is -0.930. The maximum atomic E-state index is 13.8. The van der Waals surface area contributed by atoms with E-state index >= 15 is 0 Å². The zero-order valence-corrected chi connectivity index (χ0v) is 11.7. The second-order valence-electron chi connectivity index (χ2n) is 3.91. The molecule has 0 amide bonds. The van der Waals surface area contributed by atoms with Crippen molar-refractivity contribution in [2.75, 3.05) is 0 Å². The van der Waals surface area contributed by atoms with Crippen molar-refractivity contribution >= 4 is 27.5 Å². The predicted molar refractivity (Wildman–Crippen MR) is 73.2 cm³/mol. The highest BCUT2D eigenvalue weighted by Gasteiger charge is 2.16. The SMILES string of the molecule is Fc1ccccc1CC(Br)c1cccc(Cl)c1F. The topological polar surface area (TPSA) is 0 Å². The van der Waals surface area contributed by atoms with Gasteiger partial charge in [-0.2, -0.15) is 0 Å². The third kappa shape index (κ3) is 2.90. The number of alkyl halides is 1. The lowest BCUT2D eigenvalue weighted by Crippen LogP contribution is -2.00. The van der Waals surface area contributed by atoms with Crippen molar-refractivity contribution < 1.29 is 8.78 Å². The fraction of sp³-hybridized carbons (Fsp3) is 0.143. The second kappa shape index (κ2) is 5.81. The van der Waals surface area contributed by atoms with Crippen LogP contribution in [0.3, 0.4) is 0 Å². The van der Waals surface area contributed by atoms with Crippen molar-refractivity contribution in [1.82, 2.24) is 0 Å². The highest BCUT2D eigenvalue weighted by molar-refractivity contribution is 9.09. The zero-order chi connectivity index (χ0) is 13.1. The van der Waals surface area contributed by atoms with Crippen LogP contribution in [0, 0.1) is 11.6 Å². The van der Waals surface area contributed by atoms with Crippen molar-refractivity contribution in [3.8, 4) is 0 Å². The summed E-state index contributed by atoms with van der Waals surface area (Å²) in [4.78, 5) is -0.312. The van der Waals surface area contributed by atoms with Gasteiger partial charge < -0.3 is 0 Å². The number of benzene rings is 2. The smallest absolute Gasteiger partial charge is 0.146 e. The van der Waals surface area contributed by atoms with Crippen LogP contribution in [0.1, 0.15) is 16.0 Å². The Labute approximate surface area is 118 Å². The van der Waals surface area contributed by atoms with Crippen LogP contribution in [-0.4, -0.2) is 0 Å². The van der Waals surface area contributed by atoms with Gasteiger partial charge in [-0.15, -0.1) is 0 Å². The fourth-order valence-corrected chi connectivity index (χ4v) is 2.61. The lowest BCUT2D eigenvalue weighted by atomic mass is 10.0. The van der Waals surface area contributed by atoms with Crippen LogP contribution < -0.4 is 0 Å². The molecule has 1 unspecified atom stereocenters. The van der Waals surface area contributed by atoms with Gasteiger partial charge in [0.25, 0.3) is 0 Å². The van der Waals surface area contributed by atoms with Gasteiger partial charge >= 0.3 is 0 Å². The lowest BCUT2D eigenvalue weighted by Gasteiger charge is -2.12. The van der Waals surface area contributed by atoms with Crippen molar-refractivity contribution in [2.45, 2.75) is 11.2 Å². The van der Waals surface area contributed by atoms with Gasteiger partial charge in [-0.3, -0.25) is 0 Å². The highest BCUT2D eigenvalue weighted by Crippen LogP contribution is 2.32. The molecule has 1 atom stereocenters. The number of halogens is 4. The molecule has 0 fully saturated rings. The number of hydrogen-bond donors (Lipinski definition) is 0. The van der Waals surface area contributed by atoms with Crippen molar-refractivity contribution in [3.05, 3.63) is 70.2 Å². The Kier molecular flexibility index (Phi) is 4.36. The summed E-state index contributed by atoms with van der Waals surface area (Å²) in [6.07, 6.45) is 0.365. The first-order valence-corrected chi connectivity index (χ1v) is 6.70. The quantitative estimate of drug-likeness (QED) is 0.670. The molecule has 0 radical (unpaired) electrons. The van der Waals surface area contributed by atoms with Gasteiger partial charge in [-0.1, -0.05) is 57.9 Å². The van der Waals surface area contributed by atoms with E-state index in [4.69, 9.17) is 11.6 Å². The molecule has 0 N–H and O–H groups in total. The zero-order valence-electron chi connectivity index (χ0n) is 9.34. The van der Waals surface area contributed by atoms with Gasteiger partial charge in [0, 0.05) is 10.4 Å². The first kappa shape index (κ1) is 13.5. The molecule has 18 heavy (non-hydrogen) atoms. The van der Waals surface area contributed by atoms with E-state index < -0.39 is 5.82 Å². The molecule has 0 nitrogen and oxygen atoms in total. The molecule has 0 saturated carbocycles. The minimum Gasteiger partial charge on any atom is -0.207 e. The van der Waals surface area contributed by atoms with Crippen LogP contribution in [0.2, 0.25) is 5.02 Å². The molecule has 0 aliphatic carbocycles. The van der Waals surface area contributed by atoms with E-state index in [0.717, 1.165) is 0 Å². The van der Waals surface area contributed by atoms with Crippen LogP contribution in [-0.2, 0) is 6.42 Å². The van der Waals surface area contributed by atoms with Gasteiger partial charge in [0.1, 0.15) is 11.6 Å². The molecule has 2 aromatic carbocycles. The van der Waals surface area contributed by atoms with E-state index in [-0.39, 0.29) is 15.7 Å². The second-order valence-corrected chi connectivity index (χ2v) is 5.42. The van der Waals surface area contributed by atoms with Crippen molar-refractivity contribution in [1.29, 1.82) is 0 Å². The fourth-order valence-electron chi connectivity index (χ4n) is 1.73. The van der Waals surface area contributed by atoms with E-state index in [1.165, 1.54) is 12.1 Å². The maximum absolute atomic E-state index is 13.8. The molecule has 0 saturated heterocycles. The Bertz CT molecular complexity index is 557. The third-order valence-electron chi connectivity index (χ3n) is 2.68. The summed E-state index contributed by atoms with van der Waals surface area (Å²) in [6.45, 7) is 0. The van der Waals surface area contributed by atoms with Crippen LogP contribution in [0.15, 0.2) is 42.5 Å². The van der Waals surface area contributed by atoms with Crippen LogP contribution >= 0.6 is 27.5 Å². The summed E-state index contributed by atoms with van der Waals surface area (Å²) in [5.41, 5.74) is 0.976. The summed E-state index contributed by atoms with van der Waals surface area (Å²) in [5, 5.41) is 0.0745. The molecular weight excluding hydrogens is 322 g/mol. The van der Waals surface area contributed by atoms with Crippen molar-refractivity contribution in [3.63, 3.8) is 0 Å². The first-order valence-electron chi connectivity index (χ1n) is 5.41. The van der Waals surface area contributed by atoms with Crippen molar-refractivity contribution in [2.24, 2.45) is 0 Å². The predicted octanol–water partition coefficient (Wildman–Crippen LogP) is 5.30. The van der Waals surface area contributed by atoms with Crippen LogP contribution in [0.25, 0.3) is 0 Å². The summed E-state index contributed by atoms with van der Waals surface area (Å²) in [7, 11) is 0. The third-order valence-corrected chi connectivity index (χ3v) is 3.78. The Morgan fingerprint density at radius 2 is 1.78 bits per heavy atom. The number of rotatable bonds is 3. The molecule has 0 aliphatic rings. The Balaban J connectivity index is 2.25. The van der Waals surface area contributed by atoms with Gasteiger partial charge in [0.15, 0.2) is 0 Å². The number of hydrogen-bond acceptors (Lipinski definition) is 0. The summed E-state index contributed by atoms with van der Waals surface area (Å²) >= 11 is 9.10. The molecule has 0 bridgehead atoms. The normalized spacial score (nSPS) is 12.4. The van der Waals surface area contributed by atoms with Gasteiger partial charge in [-0.05, 0) is 24.1 Å². The van der Waals surface area contributed by atoms with Crippen LogP contribution in [0.4, 0.5) is 8.78 Å². The highest BCUT2D eigenvalue weighted by atomic mass is 79.9. The summed E-state index contributed by atoms with van der Waals surface area (Å²) in [6, 6.07) is 11.3. The lowest BCUT2D eigenvalue weighted by molar-refractivity contribution is 0.594. The molecule has 0 heterocycles. The van der Waals surface area contributed by atoms with Gasteiger partial charge in [0.05, 0.1) is 5.02 Å². The molecular formula is C14H10BrClF2. The average Bonchev–Trinajstić information content (AvgIpc) is 2.35. The summed E-state index contributed by atoms with van der Waals surface area (Å²) < 4.78 is 27.3. The average molecular weight is 332 g/mol. The minimum absolute atomic E-state index is 0.0745. The molecule has 2 rings (SSSR count). The minimum atomic E-state index is -0.461. The van der Waals surface area contributed by atoms with E-state index in [2.05, 4.69) is 15.9 Å². The first-order chi connectivity index (χ1) is 8.59. The van der Waals surface area contributed by atoms with E-state index in [0.29, 0.717) is 17.5 Å². The Morgan fingerprint density at radius 3 is 2.50 bits per heavy atom.